The molecule has 1 aromatic rings. The van der Waals surface area contributed by atoms with E-state index in [1.165, 1.54) is 12.1 Å². The molecule has 21 heavy (non-hydrogen) atoms. The summed E-state index contributed by atoms with van der Waals surface area (Å²) in [7, 11) is -3.85. The molecule has 0 saturated heterocycles. The Balaban J connectivity index is 2.23. The number of rotatable bonds is 4. The fourth-order valence-electron chi connectivity index (χ4n) is 3.10. The Morgan fingerprint density at radius 1 is 1.29 bits per heavy atom. The summed E-state index contributed by atoms with van der Waals surface area (Å²) in [5.41, 5.74) is 5.67. The number of nitrogen functional groups attached to an aromatic ring is 1. The second-order valence-electron chi connectivity index (χ2n) is 6.11. The van der Waals surface area contributed by atoms with Crippen LogP contribution in [0.25, 0.3) is 0 Å². The second-order valence-corrected chi connectivity index (χ2v) is 7.79. The number of halogens is 1. The van der Waals surface area contributed by atoms with Gasteiger partial charge in [0.15, 0.2) is 0 Å². The third-order valence-electron chi connectivity index (χ3n) is 4.23. The number of nitrogens with one attached hydrogen (secondary N) is 1. The van der Waals surface area contributed by atoms with E-state index in [-0.39, 0.29) is 16.6 Å². The van der Waals surface area contributed by atoms with E-state index >= 15 is 0 Å². The Hall–Kier alpha value is -1.14. The fourth-order valence-corrected chi connectivity index (χ4v) is 4.48. The lowest BCUT2D eigenvalue weighted by Gasteiger charge is -2.34. The van der Waals surface area contributed by atoms with Gasteiger partial charge in [0.2, 0.25) is 10.0 Å². The Bertz CT molecular complexity index is 602. The Kier molecular flexibility index (Phi) is 4.88. The molecule has 118 valence electrons. The van der Waals surface area contributed by atoms with E-state index in [1.54, 1.807) is 0 Å². The van der Waals surface area contributed by atoms with Crippen LogP contribution < -0.4 is 10.5 Å². The Morgan fingerprint density at radius 3 is 2.57 bits per heavy atom. The van der Waals surface area contributed by atoms with Crippen LogP contribution in [0.1, 0.15) is 39.5 Å². The molecular formula is C15H23FN2O2S. The summed E-state index contributed by atoms with van der Waals surface area (Å²) in [6, 6.07) is 3.54. The summed E-state index contributed by atoms with van der Waals surface area (Å²) in [4.78, 5) is -0.329. The van der Waals surface area contributed by atoms with Crippen molar-refractivity contribution in [3.63, 3.8) is 0 Å². The number of nitrogens with two attached hydrogens (primary N) is 1. The predicted molar refractivity (Wildman–Crippen MR) is 81.7 cm³/mol. The lowest BCUT2D eigenvalue weighted by atomic mass is 9.78. The van der Waals surface area contributed by atoms with Gasteiger partial charge in [0.1, 0.15) is 10.7 Å². The van der Waals surface area contributed by atoms with E-state index in [4.69, 9.17) is 5.73 Å². The van der Waals surface area contributed by atoms with E-state index in [2.05, 4.69) is 18.6 Å². The molecule has 1 aromatic carbocycles. The predicted octanol–water partition coefficient (Wildman–Crippen LogP) is 2.90. The van der Waals surface area contributed by atoms with Crippen molar-refractivity contribution in [3.8, 4) is 0 Å². The molecule has 0 aromatic heterocycles. The van der Waals surface area contributed by atoms with Gasteiger partial charge in [-0.3, -0.25) is 0 Å². The fraction of sp³-hybridized carbons (Fsp3) is 0.600. The topological polar surface area (TPSA) is 72.2 Å². The monoisotopic (exact) mass is 314 g/mol. The molecule has 2 atom stereocenters. The van der Waals surface area contributed by atoms with E-state index in [0.29, 0.717) is 11.8 Å². The largest absolute Gasteiger partial charge is 0.399 e. The SMILES string of the molecule is CC(C)C1CCCCC1NS(=O)(=O)c1ccc(N)cc1F. The number of anilines is 1. The zero-order valence-corrected chi connectivity index (χ0v) is 13.3. The van der Waals surface area contributed by atoms with E-state index in [1.807, 2.05) is 0 Å². The van der Waals surface area contributed by atoms with Gasteiger partial charge >= 0.3 is 0 Å². The maximum absolute atomic E-state index is 13.9. The van der Waals surface area contributed by atoms with Crippen molar-refractivity contribution >= 4 is 15.7 Å². The molecule has 2 rings (SSSR count). The minimum atomic E-state index is -3.85. The van der Waals surface area contributed by atoms with Crippen LogP contribution >= 0.6 is 0 Å². The van der Waals surface area contributed by atoms with Crippen molar-refractivity contribution in [2.45, 2.75) is 50.5 Å². The molecule has 1 aliphatic carbocycles. The number of sulfonamides is 1. The van der Waals surface area contributed by atoms with Crippen molar-refractivity contribution in [2.24, 2.45) is 11.8 Å². The number of hydrogen-bond donors (Lipinski definition) is 2. The average Bonchev–Trinajstić information content (AvgIpc) is 2.37. The van der Waals surface area contributed by atoms with Gasteiger partial charge < -0.3 is 5.73 Å². The Morgan fingerprint density at radius 2 is 1.95 bits per heavy atom. The summed E-state index contributed by atoms with van der Waals surface area (Å²) >= 11 is 0. The highest BCUT2D eigenvalue weighted by molar-refractivity contribution is 7.89. The summed E-state index contributed by atoms with van der Waals surface area (Å²) in [5, 5.41) is 0. The van der Waals surface area contributed by atoms with Gasteiger partial charge in [0, 0.05) is 11.7 Å². The van der Waals surface area contributed by atoms with Crippen LogP contribution in [0.15, 0.2) is 23.1 Å². The molecule has 0 aliphatic heterocycles. The maximum atomic E-state index is 13.9. The first-order valence-electron chi connectivity index (χ1n) is 7.38. The van der Waals surface area contributed by atoms with Crippen LogP contribution in [0.2, 0.25) is 0 Å². The molecule has 1 aliphatic rings. The maximum Gasteiger partial charge on any atom is 0.243 e. The molecule has 0 spiro atoms. The smallest absolute Gasteiger partial charge is 0.243 e. The molecule has 0 radical (unpaired) electrons. The summed E-state index contributed by atoms with van der Waals surface area (Å²) in [5.74, 6) is -0.112. The van der Waals surface area contributed by atoms with Crippen molar-refractivity contribution in [1.29, 1.82) is 0 Å². The van der Waals surface area contributed by atoms with Crippen LogP contribution in [0.5, 0.6) is 0 Å². The number of benzene rings is 1. The summed E-state index contributed by atoms with van der Waals surface area (Å²) in [6.07, 6.45) is 3.94. The third kappa shape index (κ3) is 3.74. The average molecular weight is 314 g/mol. The summed E-state index contributed by atoms with van der Waals surface area (Å²) < 4.78 is 41.4. The zero-order valence-electron chi connectivity index (χ0n) is 12.5. The molecule has 0 heterocycles. The molecule has 4 nitrogen and oxygen atoms in total. The molecule has 2 unspecified atom stereocenters. The molecular weight excluding hydrogens is 291 g/mol. The quantitative estimate of drug-likeness (QED) is 0.839. The van der Waals surface area contributed by atoms with Crippen molar-refractivity contribution in [3.05, 3.63) is 24.0 Å². The van der Waals surface area contributed by atoms with Gasteiger partial charge in [-0.05, 0) is 42.9 Å². The molecule has 6 heteroatoms. The first-order valence-corrected chi connectivity index (χ1v) is 8.87. The van der Waals surface area contributed by atoms with Crippen LogP contribution in [0, 0.1) is 17.7 Å². The van der Waals surface area contributed by atoms with E-state index in [0.717, 1.165) is 31.7 Å². The molecule has 1 fully saturated rings. The van der Waals surface area contributed by atoms with Gasteiger partial charge in [-0.1, -0.05) is 26.7 Å². The zero-order chi connectivity index (χ0) is 15.6. The first kappa shape index (κ1) is 16.2. The van der Waals surface area contributed by atoms with Gasteiger partial charge in [0.25, 0.3) is 0 Å². The van der Waals surface area contributed by atoms with Crippen LogP contribution in [-0.4, -0.2) is 14.5 Å². The van der Waals surface area contributed by atoms with E-state index in [9.17, 15) is 12.8 Å². The van der Waals surface area contributed by atoms with Crippen LogP contribution in [0.3, 0.4) is 0 Å². The standard InChI is InChI=1S/C15H23FN2O2S/c1-10(2)12-5-3-4-6-14(12)18-21(19,20)15-8-7-11(17)9-13(15)16/h7-10,12,14,18H,3-6,17H2,1-2H3. The third-order valence-corrected chi connectivity index (χ3v) is 5.75. The van der Waals surface area contributed by atoms with Crippen LogP contribution in [0.4, 0.5) is 10.1 Å². The normalized spacial score (nSPS) is 23.4. The minimum absolute atomic E-state index is 0.124. The van der Waals surface area contributed by atoms with Gasteiger partial charge in [-0.2, -0.15) is 0 Å². The van der Waals surface area contributed by atoms with Crippen molar-refractivity contribution < 1.29 is 12.8 Å². The van der Waals surface area contributed by atoms with Gasteiger partial charge in [-0.15, -0.1) is 0 Å². The first-order chi connectivity index (χ1) is 9.81. The molecule has 1 saturated carbocycles. The van der Waals surface area contributed by atoms with Crippen molar-refractivity contribution in [1.82, 2.24) is 4.72 Å². The minimum Gasteiger partial charge on any atom is -0.399 e. The lowest BCUT2D eigenvalue weighted by molar-refractivity contribution is 0.226. The lowest BCUT2D eigenvalue weighted by Crippen LogP contribution is -2.44. The molecule has 0 bridgehead atoms. The van der Waals surface area contributed by atoms with Gasteiger partial charge in [0.05, 0.1) is 0 Å². The highest BCUT2D eigenvalue weighted by Gasteiger charge is 2.32. The van der Waals surface area contributed by atoms with Gasteiger partial charge in [-0.25, -0.2) is 17.5 Å². The van der Waals surface area contributed by atoms with Crippen LogP contribution in [-0.2, 0) is 10.0 Å². The Labute approximate surface area is 126 Å². The molecule has 3 N–H and O–H groups in total. The highest BCUT2D eigenvalue weighted by Crippen LogP contribution is 2.31. The molecule has 0 amide bonds. The summed E-state index contributed by atoms with van der Waals surface area (Å²) in [6.45, 7) is 4.20. The van der Waals surface area contributed by atoms with Crippen molar-refractivity contribution in [2.75, 3.05) is 5.73 Å². The van der Waals surface area contributed by atoms with E-state index < -0.39 is 15.8 Å². The second kappa shape index (κ2) is 6.32. The number of hydrogen-bond acceptors (Lipinski definition) is 3. The highest BCUT2D eigenvalue weighted by atomic mass is 32.2.